The van der Waals surface area contributed by atoms with E-state index in [0.717, 1.165) is 18.4 Å². The van der Waals surface area contributed by atoms with Gasteiger partial charge in [-0.1, -0.05) is 18.2 Å². The van der Waals surface area contributed by atoms with E-state index >= 15 is 0 Å². The van der Waals surface area contributed by atoms with Crippen molar-refractivity contribution in [2.24, 2.45) is 0 Å². The van der Waals surface area contributed by atoms with Crippen molar-refractivity contribution in [3.05, 3.63) is 29.8 Å². The van der Waals surface area contributed by atoms with Gasteiger partial charge in [-0.25, -0.2) is 0 Å². The van der Waals surface area contributed by atoms with Crippen LogP contribution in [0.2, 0.25) is 0 Å². The number of rotatable bonds is 2. The minimum atomic E-state index is -0.208. The average molecular weight is 235 g/mol. The number of phenolic OH excluding ortho intramolecular Hbond substituents is 1. The van der Waals surface area contributed by atoms with Gasteiger partial charge in [0.15, 0.2) is 0 Å². The van der Waals surface area contributed by atoms with Crippen LogP contribution in [0, 0.1) is 0 Å². The van der Waals surface area contributed by atoms with Gasteiger partial charge in [-0.05, 0) is 24.5 Å². The van der Waals surface area contributed by atoms with E-state index in [4.69, 9.17) is 4.74 Å². The highest BCUT2D eigenvalue weighted by atomic mass is 16.5. The summed E-state index contributed by atoms with van der Waals surface area (Å²) >= 11 is 0. The summed E-state index contributed by atoms with van der Waals surface area (Å²) in [4.78, 5) is 11.3. The summed E-state index contributed by atoms with van der Waals surface area (Å²) in [6.45, 7) is 0.692. The van der Waals surface area contributed by atoms with E-state index in [1.807, 2.05) is 18.2 Å². The third kappa shape index (κ3) is 2.58. The molecule has 1 aromatic rings. The number of piperidine rings is 1. The van der Waals surface area contributed by atoms with Gasteiger partial charge in [-0.3, -0.25) is 4.79 Å². The first kappa shape index (κ1) is 11.9. The second kappa shape index (κ2) is 5.19. The molecule has 0 aromatic heterocycles. The molecule has 0 radical (unpaired) electrons. The molecule has 0 aliphatic carbocycles. The Morgan fingerprint density at radius 3 is 2.76 bits per heavy atom. The standard InChI is InChI=1S/C13H17NO3/c1-17-13(16)11-7-6-9(8-14-11)10-4-2-3-5-12(10)15/h2-5,9,11,14-15H,6-8H2,1H3/t9-,11-/m1/s1. The molecule has 1 fully saturated rings. The van der Waals surface area contributed by atoms with Crippen LogP contribution in [0.15, 0.2) is 24.3 Å². The molecule has 0 saturated carbocycles. The van der Waals surface area contributed by atoms with Crippen LogP contribution >= 0.6 is 0 Å². The van der Waals surface area contributed by atoms with Crippen molar-refractivity contribution < 1.29 is 14.6 Å². The monoisotopic (exact) mass is 235 g/mol. The Labute approximate surface area is 101 Å². The lowest BCUT2D eigenvalue weighted by Crippen LogP contribution is -2.43. The zero-order chi connectivity index (χ0) is 12.3. The molecule has 2 N–H and O–H groups in total. The summed E-state index contributed by atoms with van der Waals surface area (Å²) in [5, 5.41) is 12.9. The summed E-state index contributed by atoms with van der Waals surface area (Å²) in [5.41, 5.74) is 0.948. The van der Waals surface area contributed by atoms with Crippen LogP contribution in [0.4, 0.5) is 0 Å². The number of phenols is 1. The molecular weight excluding hydrogens is 218 g/mol. The smallest absolute Gasteiger partial charge is 0.322 e. The fraction of sp³-hybridized carbons (Fsp3) is 0.462. The molecular formula is C13H17NO3. The average Bonchev–Trinajstić information content (AvgIpc) is 2.39. The highest BCUT2D eigenvalue weighted by Gasteiger charge is 2.27. The maximum absolute atomic E-state index is 11.3. The first-order valence-electron chi connectivity index (χ1n) is 5.81. The number of esters is 1. The summed E-state index contributed by atoms with van der Waals surface area (Å²) < 4.78 is 4.70. The maximum Gasteiger partial charge on any atom is 0.322 e. The number of methoxy groups -OCH3 is 1. The molecule has 4 nitrogen and oxygen atoms in total. The molecule has 1 aromatic carbocycles. The van der Waals surface area contributed by atoms with Crippen LogP contribution < -0.4 is 5.32 Å². The second-order valence-electron chi connectivity index (χ2n) is 4.32. The summed E-state index contributed by atoms with van der Waals surface area (Å²) in [5.74, 6) is 0.383. The van der Waals surface area contributed by atoms with Crippen molar-refractivity contribution in [3.8, 4) is 5.75 Å². The number of carbonyl (C=O) groups is 1. The number of benzene rings is 1. The van der Waals surface area contributed by atoms with Crippen molar-refractivity contribution >= 4 is 5.97 Å². The largest absolute Gasteiger partial charge is 0.508 e. The van der Waals surface area contributed by atoms with Crippen molar-refractivity contribution in [3.63, 3.8) is 0 Å². The Bertz CT molecular complexity index is 397. The molecule has 1 heterocycles. The Kier molecular flexibility index (Phi) is 3.64. The lowest BCUT2D eigenvalue weighted by molar-refractivity contribution is -0.143. The minimum absolute atomic E-state index is 0.206. The highest BCUT2D eigenvalue weighted by Crippen LogP contribution is 2.31. The molecule has 0 unspecified atom stereocenters. The molecule has 1 saturated heterocycles. The zero-order valence-electron chi connectivity index (χ0n) is 9.85. The van der Waals surface area contributed by atoms with E-state index in [2.05, 4.69) is 5.32 Å². The van der Waals surface area contributed by atoms with E-state index in [0.29, 0.717) is 12.3 Å². The predicted octanol–water partition coefficient (Wildman–Crippen LogP) is 1.40. The van der Waals surface area contributed by atoms with E-state index in [9.17, 15) is 9.90 Å². The normalized spacial score (nSPS) is 24.3. The van der Waals surface area contributed by atoms with Crippen molar-refractivity contribution in [2.75, 3.05) is 13.7 Å². The van der Waals surface area contributed by atoms with Crippen molar-refractivity contribution in [2.45, 2.75) is 24.8 Å². The molecule has 92 valence electrons. The summed E-state index contributed by atoms with van der Waals surface area (Å²) in [7, 11) is 1.40. The van der Waals surface area contributed by atoms with Crippen LogP contribution in [0.5, 0.6) is 5.75 Å². The Morgan fingerprint density at radius 1 is 1.41 bits per heavy atom. The van der Waals surface area contributed by atoms with Gasteiger partial charge in [0.2, 0.25) is 0 Å². The van der Waals surface area contributed by atoms with Crippen LogP contribution in [0.1, 0.15) is 24.3 Å². The van der Waals surface area contributed by atoms with Gasteiger partial charge < -0.3 is 15.2 Å². The molecule has 2 rings (SSSR count). The van der Waals surface area contributed by atoms with E-state index in [-0.39, 0.29) is 17.9 Å². The van der Waals surface area contributed by atoms with Gasteiger partial charge in [0.25, 0.3) is 0 Å². The minimum Gasteiger partial charge on any atom is -0.508 e. The fourth-order valence-corrected chi connectivity index (χ4v) is 2.30. The SMILES string of the molecule is COC(=O)[C@H]1CC[C@@H](c2ccccc2O)CN1. The Morgan fingerprint density at radius 2 is 2.18 bits per heavy atom. The van der Waals surface area contributed by atoms with Gasteiger partial charge in [0.05, 0.1) is 7.11 Å². The number of para-hydroxylation sites is 1. The first-order valence-corrected chi connectivity index (χ1v) is 5.81. The van der Waals surface area contributed by atoms with Gasteiger partial charge in [0, 0.05) is 12.5 Å². The number of ether oxygens (including phenoxy) is 1. The third-order valence-electron chi connectivity index (χ3n) is 3.28. The predicted molar refractivity (Wildman–Crippen MR) is 63.9 cm³/mol. The van der Waals surface area contributed by atoms with Crippen LogP contribution in [0.3, 0.4) is 0 Å². The molecule has 0 spiro atoms. The molecule has 0 bridgehead atoms. The lowest BCUT2D eigenvalue weighted by atomic mass is 9.88. The van der Waals surface area contributed by atoms with Crippen LogP contribution in [-0.4, -0.2) is 30.8 Å². The number of carbonyl (C=O) groups excluding carboxylic acids is 1. The Balaban J connectivity index is 2.00. The zero-order valence-corrected chi connectivity index (χ0v) is 9.85. The molecule has 1 aliphatic heterocycles. The molecule has 4 heteroatoms. The van der Waals surface area contributed by atoms with E-state index < -0.39 is 0 Å². The Hall–Kier alpha value is -1.55. The van der Waals surface area contributed by atoms with Gasteiger partial charge in [-0.15, -0.1) is 0 Å². The topological polar surface area (TPSA) is 58.6 Å². The summed E-state index contributed by atoms with van der Waals surface area (Å²) in [6.07, 6.45) is 1.62. The molecule has 2 atom stereocenters. The fourth-order valence-electron chi connectivity index (χ4n) is 2.30. The molecule has 17 heavy (non-hydrogen) atoms. The van der Waals surface area contributed by atoms with E-state index in [1.54, 1.807) is 6.07 Å². The number of aromatic hydroxyl groups is 1. The van der Waals surface area contributed by atoms with Crippen molar-refractivity contribution in [1.82, 2.24) is 5.32 Å². The summed E-state index contributed by atoms with van der Waals surface area (Å²) in [6, 6.07) is 7.15. The number of hydrogen-bond donors (Lipinski definition) is 2. The number of nitrogens with one attached hydrogen (secondary N) is 1. The first-order chi connectivity index (χ1) is 8.22. The molecule has 1 aliphatic rings. The van der Waals surface area contributed by atoms with Crippen LogP contribution in [0.25, 0.3) is 0 Å². The quantitative estimate of drug-likeness (QED) is 0.761. The van der Waals surface area contributed by atoms with Gasteiger partial charge in [-0.2, -0.15) is 0 Å². The van der Waals surface area contributed by atoms with Crippen LogP contribution in [-0.2, 0) is 9.53 Å². The number of hydrogen-bond acceptors (Lipinski definition) is 4. The van der Waals surface area contributed by atoms with Crippen molar-refractivity contribution in [1.29, 1.82) is 0 Å². The second-order valence-corrected chi connectivity index (χ2v) is 4.32. The van der Waals surface area contributed by atoms with Gasteiger partial charge in [0.1, 0.15) is 11.8 Å². The maximum atomic E-state index is 11.3. The highest BCUT2D eigenvalue weighted by molar-refractivity contribution is 5.75. The van der Waals surface area contributed by atoms with Gasteiger partial charge >= 0.3 is 5.97 Å². The molecule has 0 amide bonds. The lowest BCUT2D eigenvalue weighted by Gasteiger charge is -2.28. The third-order valence-corrected chi connectivity index (χ3v) is 3.28. The van der Waals surface area contributed by atoms with E-state index in [1.165, 1.54) is 7.11 Å².